The molecule has 1 amide bonds. The summed E-state index contributed by atoms with van der Waals surface area (Å²) in [6, 6.07) is 6.42. The molecule has 0 fully saturated rings. The van der Waals surface area contributed by atoms with Crippen molar-refractivity contribution in [3.8, 4) is 5.75 Å². The summed E-state index contributed by atoms with van der Waals surface area (Å²) in [6.45, 7) is 2.28. The van der Waals surface area contributed by atoms with Crippen molar-refractivity contribution < 1.29 is 28.0 Å². The van der Waals surface area contributed by atoms with Crippen molar-refractivity contribution >= 4 is 17.3 Å². The number of anilines is 1. The summed E-state index contributed by atoms with van der Waals surface area (Å²) in [5, 5.41) is 16.8. The quantitative estimate of drug-likeness (QED) is 0.355. The van der Waals surface area contributed by atoms with E-state index in [4.69, 9.17) is 9.47 Å². The molecule has 1 unspecified atom stereocenters. The Morgan fingerprint density at radius 1 is 1.24 bits per heavy atom. The Morgan fingerprint density at radius 3 is 2.66 bits per heavy atom. The molecular weight excluding hydrogens is 388 g/mol. The molecule has 0 aliphatic heterocycles. The standard InChI is InChI=1S/C19H21F2N3O5/c1-12(11-29-18-6-4-14(20)10-15(18)21)23-19(25)13-3-5-16(22-7-8-28-2)17(9-13)24(26)27/h3-6,9-10,12,22H,7-8,11H2,1-2H3,(H,23,25). The van der Waals surface area contributed by atoms with Gasteiger partial charge in [0.05, 0.1) is 17.6 Å². The highest BCUT2D eigenvalue weighted by molar-refractivity contribution is 5.95. The van der Waals surface area contributed by atoms with Gasteiger partial charge in [-0.25, -0.2) is 8.78 Å². The molecule has 10 heteroatoms. The minimum Gasteiger partial charge on any atom is -0.488 e. The fourth-order valence-electron chi connectivity index (χ4n) is 2.42. The van der Waals surface area contributed by atoms with Gasteiger partial charge in [-0.15, -0.1) is 0 Å². The predicted octanol–water partition coefficient (Wildman–Crippen LogP) is 3.13. The minimum absolute atomic E-state index is 0.0763. The SMILES string of the molecule is COCCNc1ccc(C(=O)NC(C)COc2ccc(F)cc2F)cc1[N+](=O)[O-]. The number of methoxy groups -OCH3 is 1. The number of amides is 1. The molecule has 0 spiro atoms. The molecule has 0 aliphatic rings. The number of carbonyl (C=O) groups is 1. The van der Waals surface area contributed by atoms with Crippen molar-refractivity contribution in [1.29, 1.82) is 0 Å². The van der Waals surface area contributed by atoms with Gasteiger partial charge in [0.15, 0.2) is 11.6 Å². The van der Waals surface area contributed by atoms with Gasteiger partial charge in [0.2, 0.25) is 0 Å². The van der Waals surface area contributed by atoms with Crippen molar-refractivity contribution in [2.45, 2.75) is 13.0 Å². The first-order valence-electron chi connectivity index (χ1n) is 8.71. The Labute approximate surface area is 166 Å². The van der Waals surface area contributed by atoms with Crippen LogP contribution in [0, 0.1) is 21.7 Å². The lowest BCUT2D eigenvalue weighted by atomic mass is 10.1. The van der Waals surface area contributed by atoms with Crippen molar-refractivity contribution in [3.05, 3.63) is 63.7 Å². The lowest BCUT2D eigenvalue weighted by molar-refractivity contribution is -0.384. The molecule has 0 saturated heterocycles. The summed E-state index contributed by atoms with van der Waals surface area (Å²) in [7, 11) is 1.51. The Morgan fingerprint density at radius 2 is 2.00 bits per heavy atom. The van der Waals surface area contributed by atoms with Gasteiger partial charge in [-0.2, -0.15) is 0 Å². The van der Waals surface area contributed by atoms with Crippen LogP contribution in [-0.2, 0) is 4.74 Å². The van der Waals surface area contributed by atoms with E-state index in [-0.39, 0.29) is 29.3 Å². The molecule has 156 valence electrons. The minimum atomic E-state index is -0.851. The van der Waals surface area contributed by atoms with Gasteiger partial charge in [0, 0.05) is 31.4 Å². The van der Waals surface area contributed by atoms with Crippen LogP contribution in [0.3, 0.4) is 0 Å². The lowest BCUT2D eigenvalue weighted by Gasteiger charge is -2.16. The number of nitro benzene ring substituents is 1. The maximum atomic E-state index is 13.6. The third kappa shape index (κ3) is 6.39. The summed E-state index contributed by atoms with van der Waals surface area (Å²) in [5.41, 5.74) is 0.117. The molecule has 0 aromatic heterocycles. The largest absolute Gasteiger partial charge is 0.488 e. The fourth-order valence-corrected chi connectivity index (χ4v) is 2.42. The first-order valence-corrected chi connectivity index (χ1v) is 8.71. The normalized spacial score (nSPS) is 11.6. The van der Waals surface area contributed by atoms with E-state index in [9.17, 15) is 23.7 Å². The summed E-state index contributed by atoms with van der Waals surface area (Å²) in [5.74, 6) is -2.27. The van der Waals surface area contributed by atoms with Crippen LogP contribution in [-0.4, -0.2) is 43.7 Å². The number of ether oxygens (including phenoxy) is 2. The zero-order chi connectivity index (χ0) is 21.4. The number of carbonyl (C=O) groups excluding carboxylic acids is 1. The molecule has 0 heterocycles. The van der Waals surface area contributed by atoms with Gasteiger partial charge in [0.1, 0.15) is 18.1 Å². The van der Waals surface area contributed by atoms with Gasteiger partial charge in [-0.05, 0) is 31.2 Å². The monoisotopic (exact) mass is 409 g/mol. The maximum absolute atomic E-state index is 13.6. The molecule has 2 aromatic carbocycles. The lowest BCUT2D eigenvalue weighted by Crippen LogP contribution is -2.36. The van der Waals surface area contributed by atoms with Crippen LogP contribution in [0.4, 0.5) is 20.2 Å². The highest BCUT2D eigenvalue weighted by atomic mass is 19.1. The molecule has 0 bridgehead atoms. The molecule has 1 atom stereocenters. The Kier molecular flexibility index (Phi) is 7.84. The van der Waals surface area contributed by atoms with Gasteiger partial charge >= 0.3 is 0 Å². The van der Waals surface area contributed by atoms with Crippen molar-refractivity contribution in [2.24, 2.45) is 0 Å². The first-order chi connectivity index (χ1) is 13.8. The van der Waals surface area contributed by atoms with Gasteiger partial charge in [-0.1, -0.05) is 0 Å². The topological polar surface area (TPSA) is 103 Å². The number of nitro groups is 1. The second-order valence-corrected chi connectivity index (χ2v) is 6.17. The average Bonchev–Trinajstić information content (AvgIpc) is 2.67. The second kappa shape index (κ2) is 10.3. The van der Waals surface area contributed by atoms with E-state index in [1.54, 1.807) is 6.92 Å². The predicted molar refractivity (Wildman–Crippen MR) is 102 cm³/mol. The van der Waals surface area contributed by atoms with Gasteiger partial charge in [-0.3, -0.25) is 14.9 Å². The molecule has 2 N–H and O–H groups in total. The van der Waals surface area contributed by atoms with Crippen LogP contribution in [0.1, 0.15) is 17.3 Å². The number of nitrogens with one attached hydrogen (secondary N) is 2. The molecule has 8 nitrogen and oxygen atoms in total. The average molecular weight is 409 g/mol. The number of hydrogen-bond donors (Lipinski definition) is 2. The Bertz CT molecular complexity index is 879. The Balaban J connectivity index is 1.99. The summed E-state index contributed by atoms with van der Waals surface area (Å²) in [6.07, 6.45) is 0. The van der Waals surface area contributed by atoms with Crippen molar-refractivity contribution in [3.63, 3.8) is 0 Å². The highest BCUT2D eigenvalue weighted by Gasteiger charge is 2.19. The second-order valence-electron chi connectivity index (χ2n) is 6.17. The molecule has 2 aromatic rings. The van der Waals surface area contributed by atoms with E-state index in [0.717, 1.165) is 18.2 Å². The molecular formula is C19H21F2N3O5. The van der Waals surface area contributed by atoms with E-state index in [0.29, 0.717) is 19.2 Å². The zero-order valence-corrected chi connectivity index (χ0v) is 15.9. The van der Waals surface area contributed by atoms with Crippen LogP contribution < -0.4 is 15.4 Å². The summed E-state index contributed by atoms with van der Waals surface area (Å²) < 4.78 is 36.6. The van der Waals surface area contributed by atoms with E-state index >= 15 is 0 Å². The van der Waals surface area contributed by atoms with Gasteiger partial charge in [0.25, 0.3) is 11.6 Å². The fraction of sp³-hybridized carbons (Fsp3) is 0.316. The first kappa shape index (κ1) is 22.0. The number of halogens is 2. The van der Waals surface area contributed by atoms with Crippen LogP contribution in [0.25, 0.3) is 0 Å². The van der Waals surface area contributed by atoms with Crippen LogP contribution in [0.15, 0.2) is 36.4 Å². The van der Waals surface area contributed by atoms with E-state index in [1.807, 2.05) is 0 Å². The number of nitrogens with zero attached hydrogens (tertiary/aromatic N) is 1. The smallest absolute Gasteiger partial charge is 0.293 e. The number of rotatable bonds is 10. The van der Waals surface area contributed by atoms with E-state index in [1.165, 1.54) is 19.2 Å². The third-order valence-corrected chi connectivity index (χ3v) is 3.84. The van der Waals surface area contributed by atoms with E-state index < -0.39 is 28.5 Å². The molecule has 0 saturated carbocycles. The van der Waals surface area contributed by atoms with Crippen LogP contribution >= 0.6 is 0 Å². The number of benzene rings is 2. The third-order valence-electron chi connectivity index (χ3n) is 3.84. The highest BCUT2D eigenvalue weighted by Crippen LogP contribution is 2.25. The van der Waals surface area contributed by atoms with Crippen molar-refractivity contribution in [2.75, 3.05) is 32.2 Å². The van der Waals surface area contributed by atoms with Crippen LogP contribution in [0.2, 0.25) is 0 Å². The summed E-state index contributed by atoms with van der Waals surface area (Å²) in [4.78, 5) is 23.1. The number of hydrogen-bond acceptors (Lipinski definition) is 6. The molecule has 0 aliphatic carbocycles. The van der Waals surface area contributed by atoms with Crippen molar-refractivity contribution in [1.82, 2.24) is 5.32 Å². The van der Waals surface area contributed by atoms with E-state index in [2.05, 4.69) is 10.6 Å². The molecule has 29 heavy (non-hydrogen) atoms. The van der Waals surface area contributed by atoms with Crippen LogP contribution in [0.5, 0.6) is 5.75 Å². The molecule has 2 rings (SSSR count). The summed E-state index contributed by atoms with van der Waals surface area (Å²) >= 11 is 0. The molecule has 0 radical (unpaired) electrons. The Hall–Kier alpha value is -3.27. The maximum Gasteiger partial charge on any atom is 0.293 e. The zero-order valence-electron chi connectivity index (χ0n) is 15.9. The van der Waals surface area contributed by atoms with Gasteiger partial charge < -0.3 is 20.1 Å².